The van der Waals surface area contributed by atoms with Crippen molar-refractivity contribution >= 4 is 55.7 Å². The van der Waals surface area contributed by atoms with E-state index in [0.29, 0.717) is 6.54 Å². The highest BCUT2D eigenvalue weighted by molar-refractivity contribution is 6.14. The van der Waals surface area contributed by atoms with E-state index in [1.807, 2.05) is 12.1 Å². The van der Waals surface area contributed by atoms with Crippen LogP contribution in [-0.2, 0) is 0 Å². The van der Waals surface area contributed by atoms with Gasteiger partial charge in [0.25, 0.3) is 0 Å². The normalized spacial score (nSPS) is 12.8. The Kier molecular flexibility index (Phi) is 5.20. The molecule has 3 nitrogen and oxygen atoms in total. The first kappa shape index (κ1) is 22.7. The van der Waals surface area contributed by atoms with Crippen molar-refractivity contribution in [1.82, 2.24) is 0 Å². The molecule has 0 saturated heterocycles. The third kappa shape index (κ3) is 3.67. The fourth-order valence-electron chi connectivity index (χ4n) is 5.99. The quantitative estimate of drug-likeness (QED) is 0.237. The van der Waals surface area contributed by atoms with E-state index < -0.39 is 0 Å². The maximum Gasteiger partial charge on any atom is 0.153 e. The fraction of sp³-hybridized carbons (Fsp3) is 0.0270. The number of anilines is 3. The van der Waals surface area contributed by atoms with E-state index in [1.54, 1.807) is 0 Å². The molecular formula is C37H26N2O. The van der Waals surface area contributed by atoms with Crippen LogP contribution in [0.4, 0.5) is 17.1 Å². The van der Waals surface area contributed by atoms with E-state index in [4.69, 9.17) is 4.42 Å². The molecule has 0 unspecified atom stereocenters. The minimum atomic E-state index is 0.679. The Morgan fingerprint density at radius 3 is 2.05 bits per heavy atom. The maximum absolute atomic E-state index is 6.31. The van der Waals surface area contributed by atoms with Crippen LogP contribution in [0.15, 0.2) is 144 Å². The lowest BCUT2D eigenvalue weighted by molar-refractivity contribution is 0.603. The molecule has 190 valence electrons. The number of rotatable bonds is 4. The third-order valence-corrected chi connectivity index (χ3v) is 7.87. The molecule has 1 aliphatic heterocycles. The summed E-state index contributed by atoms with van der Waals surface area (Å²) in [5, 5.41) is 9.73. The van der Waals surface area contributed by atoms with Crippen LogP contribution in [0.25, 0.3) is 49.7 Å². The largest absolute Gasteiger partial charge is 0.454 e. The summed E-state index contributed by atoms with van der Waals surface area (Å²) >= 11 is 0. The molecule has 0 saturated carbocycles. The lowest BCUT2D eigenvalue weighted by Crippen LogP contribution is -2.24. The Hall–Kier alpha value is -5.28. The summed E-state index contributed by atoms with van der Waals surface area (Å²) in [6.07, 6.45) is 2.20. The molecule has 6 aromatic carbocycles. The Labute approximate surface area is 232 Å². The van der Waals surface area contributed by atoms with Crippen LogP contribution in [0.2, 0.25) is 0 Å². The Morgan fingerprint density at radius 2 is 1.23 bits per heavy atom. The van der Waals surface area contributed by atoms with Gasteiger partial charge in [0.05, 0.1) is 17.9 Å². The van der Waals surface area contributed by atoms with E-state index in [1.165, 1.54) is 32.7 Å². The SMILES string of the molecule is C1=C(N(c2ccc(-c3ccccc3)cc2)c2cc3ccccc3c3ccccc23)CNc2c1oc1ccccc21. The van der Waals surface area contributed by atoms with E-state index in [0.717, 1.165) is 39.5 Å². The molecule has 0 aliphatic carbocycles. The van der Waals surface area contributed by atoms with Crippen molar-refractivity contribution in [2.45, 2.75) is 0 Å². The summed E-state index contributed by atoms with van der Waals surface area (Å²) in [5.41, 5.74) is 7.74. The summed E-state index contributed by atoms with van der Waals surface area (Å²) < 4.78 is 6.31. The second kappa shape index (κ2) is 9.18. The van der Waals surface area contributed by atoms with Crippen LogP contribution in [0.1, 0.15) is 5.76 Å². The smallest absolute Gasteiger partial charge is 0.153 e. The predicted octanol–water partition coefficient (Wildman–Crippen LogP) is 10.0. The highest BCUT2D eigenvalue weighted by Gasteiger charge is 2.24. The molecule has 0 radical (unpaired) electrons. The number of benzene rings is 6. The van der Waals surface area contributed by atoms with Gasteiger partial charge in [-0.3, -0.25) is 0 Å². The van der Waals surface area contributed by atoms with Gasteiger partial charge in [-0.1, -0.05) is 103 Å². The number of para-hydroxylation sites is 1. The van der Waals surface area contributed by atoms with Gasteiger partial charge in [0.1, 0.15) is 5.58 Å². The monoisotopic (exact) mass is 514 g/mol. The molecule has 40 heavy (non-hydrogen) atoms. The summed E-state index contributed by atoms with van der Waals surface area (Å²) in [5.74, 6) is 0.860. The van der Waals surface area contributed by atoms with Crippen molar-refractivity contribution in [3.63, 3.8) is 0 Å². The predicted molar refractivity (Wildman–Crippen MR) is 168 cm³/mol. The fourth-order valence-corrected chi connectivity index (χ4v) is 5.99. The molecule has 1 aromatic heterocycles. The zero-order valence-electron chi connectivity index (χ0n) is 21.8. The van der Waals surface area contributed by atoms with Gasteiger partial charge in [0, 0.05) is 28.2 Å². The lowest BCUT2D eigenvalue weighted by atomic mass is 9.98. The Bertz CT molecular complexity index is 2050. The van der Waals surface area contributed by atoms with Crippen LogP contribution in [0.5, 0.6) is 0 Å². The number of nitrogens with one attached hydrogen (secondary N) is 1. The van der Waals surface area contributed by atoms with Crippen molar-refractivity contribution in [3.05, 3.63) is 145 Å². The highest BCUT2D eigenvalue weighted by Crippen LogP contribution is 2.43. The van der Waals surface area contributed by atoms with E-state index in [2.05, 4.69) is 138 Å². The van der Waals surface area contributed by atoms with Crippen molar-refractivity contribution < 1.29 is 4.42 Å². The molecule has 0 bridgehead atoms. The first-order chi connectivity index (χ1) is 19.8. The molecular weight excluding hydrogens is 488 g/mol. The summed E-state index contributed by atoms with van der Waals surface area (Å²) in [4.78, 5) is 2.38. The zero-order valence-corrected chi connectivity index (χ0v) is 21.8. The summed E-state index contributed by atoms with van der Waals surface area (Å²) in [6.45, 7) is 0.679. The van der Waals surface area contributed by atoms with Gasteiger partial charge in [-0.25, -0.2) is 0 Å². The Balaban J connectivity index is 1.35. The molecule has 1 N–H and O–H groups in total. The average Bonchev–Trinajstić information content (AvgIpc) is 3.40. The van der Waals surface area contributed by atoms with Gasteiger partial charge in [0.15, 0.2) is 5.76 Å². The van der Waals surface area contributed by atoms with E-state index in [-0.39, 0.29) is 0 Å². The second-order valence-corrected chi connectivity index (χ2v) is 10.2. The molecule has 0 atom stereocenters. The first-order valence-electron chi connectivity index (χ1n) is 13.7. The molecule has 7 aromatic rings. The number of fused-ring (bicyclic) bond motifs is 6. The third-order valence-electron chi connectivity index (χ3n) is 7.87. The molecule has 0 amide bonds. The highest BCUT2D eigenvalue weighted by atomic mass is 16.3. The van der Waals surface area contributed by atoms with Crippen LogP contribution < -0.4 is 10.2 Å². The van der Waals surface area contributed by atoms with Gasteiger partial charge in [-0.05, 0) is 57.6 Å². The number of hydrogen-bond acceptors (Lipinski definition) is 3. The topological polar surface area (TPSA) is 28.4 Å². The minimum absolute atomic E-state index is 0.679. The molecule has 8 rings (SSSR count). The van der Waals surface area contributed by atoms with Crippen molar-refractivity contribution in [1.29, 1.82) is 0 Å². The molecule has 2 heterocycles. The van der Waals surface area contributed by atoms with Gasteiger partial charge >= 0.3 is 0 Å². The average molecular weight is 515 g/mol. The number of furan rings is 1. The van der Waals surface area contributed by atoms with Crippen LogP contribution in [0.3, 0.4) is 0 Å². The summed E-state index contributed by atoms with van der Waals surface area (Å²) in [7, 11) is 0. The van der Waals surface area contributed by atoms with Gasteiger partial charge in [-0.2, -0.15) is 0 Å². The number of hydrogen-bond donors (Lipinski definition) is 1. The lowest BCUT2D eigenvalue weighted by Gasteiger charge is -2.31. The molecule has 0 spiro atoms. The first-order valence-corrected chi connectivity index (χ1v) is 13.7. The van der Waals surface area contributed by atoms with E-state index in [9.17, 15) is 0 Å². The van der Waals surface area contributed by atoms with Crippen molar-refractivity contribution in [2.75, 3.05) is 16.8 Å². The molecule has 0 fully saturated rings. The van der Waals surface area contributed by atoms with Crippen LogP contribution >= 0.6 is 0 Å². The van der Waals surface area contributed by atoms with Gasteiger partial charge in [0.2, 0.25) is 0 Å². The van der Waals surface area contributed by atoms with Crippen molar-refractivity contribution in [2.24, 2.45) is 0 Å². The van der Waals surface area contributed by atoms with Crippen molar-refractivity contribution in [3.8, 4) is 11.1 Å². The molecule has 3 heteroatoms. The molecule has 1 aliphatic rings. The second-order valence-electron chi connectivity index (χ2n) is 10.2. The van der Waals surface area contributed by atoms with Gasteiger partial charge in [-0.15, -0.1) is 0 Å². The van der Waals surface area contributed by atoms with Gasteiger partial charge < -0.3 is 14.6 Å². The maximum atomic E-state index is 6.31. The standard InChI is InChI=1S/C37H26N2O/c1-2-10-25(11-3-1)26-18-20-28(21-19-26)39(29-23-36-37(38-24-29)33-16-8-9-17-35(33)40-36)34-22-27-12-4-5-13-30(27)31-14-6-7-15-32(31)34/h1-23,38H,24H2. The van der Waals surface area contributed by atoms with Crippen LogP contribution in [0, 0.1) is 0 Å². The minimum Gasteiger partial charge on any atom is -0.454 e. The summed E-state index contributed by atoms with van der Waals surface area (Å²) in [6, 6.07) is 47.3. The van der Waals surface area contributed by atoms with E-state index >= 15 is 0 Å². The zero-order chi connectivity index (χ0) is 26.5. The Morgan fingerprint density at radius 1 is 0.575 bits per heavy atom. The number of nitrogens with zero attached hydrogens (tertiary/aromatic N) is 1. The van der Waals surface area contributed by atoms with Crippen LogP contribution in [-0.4, -0.2) is 6.54 Å².